The summed E-state index contributed by atoms with van der Waals surface area (Å²) in [5.74, 6) is 2.00. The molecule has 2 aliphatic heterocycles. The highest BCUT2D eigenvalue weighted by Gasteiger charge is 2.60. The van der Waals surface area contributed by atoms with Crippen molar-refractivity contribution in [3.8, 4) is 12.3 Å². The maximum Gasteiger partial charge on any atom is 0.475 e. The van der Waals surface area contributed by atoms with Gasteiger partial charge in [0.2, 0.25) is 0 Å². The Morgan fingerprint density at radius 2 is 2.15 bits per heavy atom. The van der Waals surface area contributed by atoms with Crippen LogP contribution in [0, 0.1) is 23.7 Å². The molecule has 11 nitrogen and oxygen atoms in total. The van der Waals surface area contributed by atoms with Crippen LogP contribution in [0.2, 0.25) is 0 Å². The third kappa shape index (κ3) is 5.07. The molecule has 1 unspecified atom stereocenters. The van der Waals surface area contributed by atoms with Crippen LogP contribution >= 0.6 is 7.82 Å². The molecule has 3 aliphatic rings. The minimum atomic E-state index is -4.01. The van der Waals surface area contributed by atoms with Crippen molar-refractivity contribution in [2.45, 2.75) is 70.5 Å². The number of ether oxygens (including phenoxy) is 2. The maximum absolute atomic E-state index is 13.2. The van der Waals surface area contributed by atoms with Crippen LogP contribution in [-0.4, -0.2) is 47.0 Å². The third-order valence-electron chi connectivity index (χ3n) is 6.43. The maximum atomic E-state index is 13.2. The SMILES string of the molecule is C#C[C@]1(C)[C@@H]2O[P@](=O)(OCC(C)CC(=O)OC3CCCC3)OC[C@H]2O[C@H]1n1ccc(=O)[nH]c1=O. The van der Waals surface area contributed by atoms with Crippen molar-refractivity contribution in [3.05, 3.63) is 33.1 Å². The molecule has 1 N–H and O–H groups in total. The number of terminal acetylenes is 1. The second-order valence-electron chi connectivity index (χ2n) is 9.24. The number of carbonyl (C=O) groups excluding carboxylic acids is 1. The molecule has 12 heteroatoms. The molecule has 0 radical (unpaired) electrons. The molecule has 0 bridgehead atoms. The summed E-state index contributed by atoms with van der Waals surface area (Å²) >= 11 is 0. The number of hydrogen-bond acceptors (Lipinski definition) is 9. The van der Waals surface area contributed by atoms with E-state index in [0.717, 1.165) is 30.3 Å². The molecule has 3 fully saturated rings. The van der Waals surface area contributed by atoms with Gasteiger partial charge in [0, 0.05) is 12.3 Å². The molecule has 1 saturated carbocycles. The first-order valence-electron chi connectivity index (χ1n) is 11.4. The Morgan fingerprint density at radius 1 is 1.41 bits per heavy atom. The summed E-state index contributed by atoms with van der Waals surface area (Å²) in [5.41, 5.74) is -2.47. The minimum absolute atomic E-state index is 0.0207. The average molecular weight is 496 g/mol. The number of nitrogens with one attached hydrogen (secondary N) is 1. The molecule has 186 valence electrons. The van der Waals surface area contributed by atoms with Crippen LogP contribution in [0.4, 0.5) is 0 Å². The van der Waals surface area contributed by atoms with E-state index in [-0.39, 0.29) is 37.6 Å². The second-order valence-corrected chi connectivity index (χ2v) is 10.9. The van der Waals surface area contributed by atoms with Crippen molar-refractivity contribution in [1.82, 2.24) is 9.55 Å². The first-order chi connectivity index (χ1) is 16.1. The molecular weight excluding hydrogens is 467 g/mol. The van der Waals surface area contributed by atoms with E-state index in [1.165, 1.54) is 12.3 Å². The number of H-pyrrole nitrogens is 1. The van der Waals surface area contributed by atoms with Gasteiger partial charge in [0.15, 0.2) is 6.23 Å². The Labute approximate surface area is 196 Å². The first-order valence-corrected chi connectivity index (χ1v) is 12.8. The number of hydrogen-bond donors (Lipinski definition) is 1. The van der Waals surface area contributed by atoms with Gasteiger partial charge in [-0.1, -0.05) is 12.8 Å². The molecule has 6 atom stereocenters. The van der Waals surface area contributed by atoms with E-state index in [9.17, 15) is 18.9 Å². The number of aromatic nitrogens is 2. The van der Waals surface area contributed by atoms with Crippen LogP contribution in [-0.2, 0) is 32.4 Å². The van der Waals surface area contributed by atoms with Crippen LogP contribution in [0.1, 0.15) is 52.2 Å². The average Bonchev–Trinajstić information content (AvgIpc) is 3.39. The third-order valence-corrected chi connectivity index (χ3v) is 7.85. The van der Waals surface area contributed by atoms with Crippen LogP contribution in [0.5, 0.6) is 0 Å². The van der Waals surface area contributed by atoms with Gasteiger partial charge in [-0.05, 0) is 38.5 Å². The van der Waals surface area contributed by atoms with Gasteiger partial charge in [-0.3, -0.25) is 32.7 Å². The molecule has 1 aliphatic carbocycles. The van der Waals surface area contributed by atoms with Gasteiger partial charge in [-0.2, -0.15) is 0 Å². The number of carbonyl (C=O) groups is 1. The quantitative estimate of drug-likeness (QED) is 0.342. The molecule has 4 rings (SSSR count). The monoisotopic (exact) mass is 496 g/mol. The van der Waals surface area contributed by atoms with Crippen molar-refractivity contribution in [3.63, 3.8) is 0 Å². The lowest BCUT2D eigenvalue weighted by Gasteiger charge is -2.35. The van der Waals surface area contributed by atoms with Gasteiger partial charge >= 0.3 is 19.5 Å². The molecule has 0 amide bonds. The van der Waals surface area contributed by atoms with Crippen LogP contribution in [0.25, 0.3) is 0 Å². The molecule has 1 aromatic heterocycles. The van der Waals surface area contributed by atoms with Gasteiger partial charge in [0.25, 0.3) is 5.56 Å². The Morgan fingerprint density at radius 3 is 2.82 bits per heavy atom. The van der Waals surface area contributed by atoms with E-state index >= 15 is 0 Å². The van der Waals surface area contributed by atoms with E-state index in [1.54, 1.807) is 13.8 Å². The van der Waals surface area contributed by atoms with Gasteiger partial charge in [-0.15, -0.1) is 6.42 Å². The highest BCUT2D eigenvalue weighted by Crippen LogP contribution is 2.60. The zero-order chi connectivity index (χ0) is 24.5. The number of phosphoric ester groups is 1. The van der Waals surface area contributed by atoms with Crippen molar-refractivity contribution in [2.75, 3.05) is 13.2 Å². The Bertz CT molecular complexity index is 1120. The van der Waals surface area contributed by atoms with E-state index in [4.69, 9.17) is 29.5 Å². The number of esters is 1. The van der Waals surface area contributed by atoms with Gasteiger partial charge in [0.1, 0.15) is 23.7 Å². The van der Waals surface area contributed by atoms with Crippen molar-refractivity contribution < 1.29 is 32.4 Å². The first kappa shape index (κ1) is 24.9. The summed E-state index contributed by atoms with van der Waals surface area (Å²) in [6, 6.07) is 1.17. The Hall–Kier alpha value is -2.22. The standard InChI is InChI=1S/C22H29N2O9P/c1-4-22(3)19-16(32-20(22)24-10-9-17(25)23-21(24)27)13-30-34(28,33-19)29-12-14(2)11-18(26)31-15-7-5-6-8-15/h1,9-10,14-16,19-20H,5-8,11-13H2,2-3H3,(H,23,25,27)/t14?,16-,19-,20-,22-,34-/m1/s1. The number of aromatic amines is 1. The minimum Gasteiger partial charge on any atom is -0.462 e. The number of nitrogens with zero attached hydrogens (tertiary/aromatic N) is 1. The summed E-state index contributed by atoms with van der Waals surface area (Å²) in [7, 11) is -4.01. The largest absolute Gasteiger partial charge is 0.475 e. The summed E-state index contributed by atoms with van der Waals surface area (Å²) in [5, 5.41) is 0. The number of phosphoric acid groups is 1. The molecule has 0 aromatic carbocycles. The lowest BCUT2D eigenvalue weighted by Crippen LogP contribution is -2.43. The number of fused-ring (bicyclic) bond motifs is 1. The lowest BCUT2D eigenvalue weighted by atomic mass is 9.83. The molecule has 3 heterocycles. The molecule has 2 saturated heterocycles. The molecule has 1 aromatic rings. The van der Waals surface area contributed by atoms with E-state index in [1.807, 2.05) is 0 Å². The smallest absolute Gasteiger partial charge is 0.462 e. The number of rotatable bonds is 7. The highest BCUT2D eigenvalue weighted by molar-refractivity contribution is 7.48. The Balaban J connectivity index is 1.39. The van der Waals surface area contributed by atoms with Crippen LogP contribution in [0.3, 0.4) is 0 Å². The van der Waals surface area contributed by atoms with Crippen LogP contribution < -0.4 is 11.2 Å². The summed E-state index contributed by atoms with van der Waals surface area (Å²) < 4.78 is 42.3. The summed E-state index contributed by atoms with van der Waals surface area (Å²) in [6.45, 7) is 3.23. The fourth-order valence-corrected chi connectivity index (χ4v) is 6.13. The second kappa shape index (κ2) is 9.80. The highest BCUT2D eigenvalue weighted by atomic mass is 31.2. The van der Waals surface area contributed by atoms with E-state index in [2.05, 4.69) is 10.9 Å². The summed E-state index contributed by atoms with van der Waals surface area (Å²) in [4.78, 5) is 38.0. The predicted molar refractivity (Wildman–Crippen MR) is 119 cm³/mol. The van der Waals surface area contributed by atoms with Gasteiger partial charge < -0.3 is 9.47 Å². The van der Waals surface area contributed by atoms with Crippen molar-refractivity contribution in [2.24, 2.45) is 11.3 Å². The van der Waals surface area contributed by atoms with Crippen molar-refractivity contribution in [1.29, 1.82) is 0 Å². The molecular formula is C22H29N2O9P. The van der Waals surface area contributed by atoms with Crippen LogP contribution in [0.15, 0.2) is 21.9 Å². The predicted octanol–water partition coefficient (Wildman–Crippen LogP) is 2.13. The van der Waals surface area contributed by atoms with E-state index < -0.39 is 42.9 Å². The van der Waals surface area contributed by atoms with Crippen molar-refractivity contribution >= 4 is 13.8 Å². The fourth-order valence-electron chi connectivity index (χ4n) is 4.53. The lowest BCUT2D eigenvalue weighted by molar-refractivity contribution is -0.150. The van der Waals surface area contributed by atoms with Gasteiger partial charge in [0.05, 0.1) is 19.6 Å². The zero-order valence-electron chi connectivity index (χ0n) is 19.1. The fraction of sp³-hybridized carbons (Fsp3) is 0.682. The topological polar surface area (TPSA) is 135 Å². The molecule has 0 spiro atoms. The molecule has 34 heavy (non-hydrogen) atoms. The summed E-state index contributed by atoms with van der Waals surface area (Å²) in [6.07, 6.45) is 8.47. The van der Waals surface area contributed by atoms with E-state index in [0.29, 0.717) is 0 Å². The normalized spacial score (nSPS) is 34.3. The van der Waals surface area contributed by atoms with Gasteiger partial charge in [-0.25, -0.2) is 9.36 Å². The zero-order valence-corrected chi connectivity index (χ0v) is 20.0. The Kier molecular flexibility index (Phi) is 7.17.